The second kappa shape index (κ2) is 5.71. The highest BCUT2D eigenvalue weighted by molar-refractivity contribution is 7.10. The van der Waals surface area contributed by atoms with Crippen LogP contribution in [0.3, 0.4) is 0 Å². The number of carbonyl (C=O) groups is 1. The quantitative estimate of drug-likeness (QED) is 0.878. The SMILES string of the molecule is CCOc1ccc(Nc2snc(C)c2C(=O)O)cc1. The summed E-state index contributed by atoms with van der Waals surface area (Å²) >= 11 is 1.14. The number of nitrogens with zero attached hydrogens (tertiary/aromatic N) is 1. The van der Waals surface area contributed by atoms with Crippen LogP contribution in [-0.2, 0) is 0 Å². The summed E-state index contributed by atoms with van der Waals surface area (Å²) in [5, 5.41) is 12.7. The Balaban J connectivity index is 2.19. The number of rotatable bonds is 5. The van der Waals surface area contributed by atoms with Crippen LogP contribution in [0.1, 0.15) is 23.0 Å². The van der Waals surface area contributed by atoms with E-state index in [0.29, 0.717) is 17.3 Å². The standard InChI is InChI=1S/C13H14N2O3S/c1-3-18-10-6-4-9(5-7-10)14-12-11(13(16)17)8(2)15-19-12/h4-7,14H,3H2,1-2H3,(H,16,17). The first-order valence-corrected chi connectivity index (χ1v) is 6.58. The molecule has 2 N–H and O–H groups in total. The van der Waals surface area contributed by atoms with Gasteiger partial charge in [-0.25, -0.2) is 4.79 Å². The van der Waals surface area contributed by atoms with Gasteiger partial charge in [-0.15, -0.1) is 0 Å². The number of anilines is 2. The van der Waals surface area contributed by atoms with Crippen LogP contribution in [0.5, 0.6) is 5.75 Å². The number of aromatic carboxylic acids is 1. The molecule has 2 aromatic rings. The second-order valence-corrected chi connectivity index (χ2v) is 4.63. The van der Waals surface area contributed by atoms with Gasteiger partial charge >= 0.3 is 5.97 Å². The third-order valence-corrected chi connectivity index (χ3v) is 3.35. The van der Waals surface area contributed by atoms with E-state index in [9.17, 15) is 4.79 Å². The van der Waals surface area contributed by atoms with Crippen molar-refractivity contribution in [2.24, 2.45) is 0 Å². The molecule has 2 rings (SSSR count). The van der Waals surface area contributed by atoms with E-state index in [4.69, 9.17) is 9.84 Å². The lowest BCUT2D eigenvalue weighted by Crippen LogP contribution is -2.01. The fraction of sp³-hybridized carbons (Fsp3) is 0.231. The number of hydrogen-bond acceptors (Lipinski definition) is 5. The molecule has 0 fully saturated rings. The van der Waals surface area contributed by atoms with E-state index in [1.165, 1.54) is 0 Å². The van der Waals surface area contributed by atoms with E-state index in [1.54, 1.807) is 6.92 Å². The molecule has 0 atom stereocenters. The minimum atomic E-state index is -0.973. The molecule has 0 bridgehead atoms. The van der Waals surface area contributed by atoms with Crippen molar-refractivity contribution >= 4 is 28.2 Å². The zero-order valence-electron chi connectivity index (χ0n) is 10.6. The summed E-state index contributed by atoms with van der Waals surface area (Å²) in [6, 6.07) is 7.34. The molecular formula is C13H14N2O3S. The van der Waals surface area contributed by atoms with Crippen LogP contribution >= 0.6 is 11.5 Å². The van der Waals surface area contributed by atoms with E-state index >= 15 is 0 Å². The van der Waals surface area contributed by atoms with Gasteiger partial charge in [0, 0.05) is 5.69 Å². The Morgan fingerprint density at radius 1 is 1.42 bits per heavy atom. The van der Waals surface area contributed by atoms with Crippen LogP contribution in [-0.4, -0.2) is 22.1 Å². The van der Waals surface area contributed by atoms with Crippen molar-refractivity contribution in [3.05, 3.63) is 35.5 Å². The Morgan fingerprint density at radius 2 is 2.11 bits per heavy atom. The highest BCUT2D eigenvalue weighted by Crippen LogP contribution is 2.28. The zero-order valence-corrected chi connectivity index (χ0v) is 11.5. The van der Waals surface area contributed by atoms with E-state index in [2.05, 4.69) is 9.69 Å². The van der Waals surface area contributed by atoms with Gasteiger partial charge in [-0.2, -0.15) is 4.37 Å². The van der Waals surface area contributed by atoms with Crippen LogP contribution in [0.25, 0.3) is 0 Å². The van der Waals surface area contributed by atoms with Gasteiger partial charge in [0.25, 0.3) is 0 Å². The van der Waals surface area contributed by atoms with Gasteiger partial charge in [0.05, 0.1) is 12.3 Å². The van der Waals surface area contributed by atoms with E-state index in [1.807, 2.05) is 31.2 Å². The number of benzene rings is 1. The van der Waals surface area contributed by atoms with Gasteiger partial charge in [0.15, 0.2) is 0 Å². The molecule has 1 heterocycles. The van der Waals surface area contributed by atoms with E-state index in [0.717, 1.165) is 23.0 Å². The maximum Gasteiger partial charge on any atom is 0.340 e. The minimum Gasteiger partial charge on any atom is -0.494 e. The van der Waals surface area contributed by atoms with Crippen LogP contribution in [0.15, 0.2) is 24.3 Å². The number of aromatic nitrogens is 1. The number of ether oxygens (including phenoxy) is 1. The van der Waals surface area contributed by atoms with Crippen molar-refractivity contribution in [3.63, 3.8) is 0 Å². The summed E-state index contributed by atoms with van der Waals surface area (Å²) in [4.78, 5) is 11.1. The maximum atomic E-state index is 11.1. The topological polar surface area (TPSA) is 71.5 Å². The maximum absolute atomic E-state index is 11.1. The van der Waals surface area contributed by atoms with Crippen LogP contribution < -0.4 is 10.1 Å². The minimum absolute atomic E-state index is 0.221. The van der Waals surface area contributed by atoms with Crippen molar-refractivity contribution in [2.45, 2.75) is 13.8 Å². The molecule has 0 unspecified atom stereocenters. The Morgan fingerprint density at radius 3 is 2.68 bits per heavy atom. The second-order valence-electron chi connectivity index (χ2n) is 3.86. The molecule has 0 aliphatic heterocycles. The molecule has 1 aromatic heterocycles. The molecule has 0 amide bonds. The molecule has 0 radical (unpaired) electrons. The van der Waals surface area contributed by atoms with E-state index in [-0.39, 0.29) is 5.56 Å². The number of carboxylic acids is 1. The third kappa shape index (κ3) is 3.03. The summed E-state index contributed by atoms with van der Waals surface area (Å²) in [5.41, 5.74) is 1.54. The predicted molar refractivity (Wildman–Crippen MR) is 74.7 cm³/mol. The molecule has 5 nitrogen and oxygen atoms in total. The van der Waals surface area contributed by atoms with Crippen LogP contribution in [0.2, 0.25) is 0 Å². The Labute approximate surface area is 115 Å². The van der Waals surface area contributed by atoms with Crippen LogP contribution in [0.4, 0.5) is 10.7 Å². The number of aryl methyl sites for hydroxylation is 1. The molecule has 1 aromatic carbocycles. The molecule has 19 heavy (non-hydrogen) atoms. The first-order valence-electron chi connectivity index (χ1n) is 5.81. The van der Waals surface area contributed by atoms with Gasteiger partial charge in [0.2, 0.25) is 0 Å². The monoisotopic (exact) mass is 278 g/mol. The molecular weight excluding hydrogens is 264 g/mol. The summed E-state index contributed by atoms with van der Waals surface area (Å²) in [6.45, 7) is 4.22. The Bertz CT molecular complexity index is 578. The summed E-state index contributed by atoms with van der Waals surface area (Å²) < 4.78 is 9.40. The largest absolute Gasteiger partial charge is 0.494 e. The van der Waals surface area contributed by atoms with Crippen molar-refractivity contribution < 1.29 is 14.6 Å². The average molecular weight is 278 g/mol. The number of carboxylic acid groups (broad SMARTS) is 1. The summed E-state index contributed by atoms with van der Waals surface area (Å²) in [7, 11) is 0. The highest BCUT2D eigenvalue weighted by atomic mass is 32.1. The first-order chi connectivity index (χ1) is 9.11. The third-order valence-electron chi connectivity index (χ3n) is 2.50. The van der Waals surface area contributed by atoms with Gasteiger partial charge in [-0.3, -0.25) is 0 Å². The Kier molecular flexibility index (Phi) is 4.01. The lowest BCUT2D eigenvalue weighted by Gasteiger charge is -2.07. The van der Waals surface area contributed by atoms with Gasteiger partial charge in [-0.1, -0.05) is 0 Å². The molecule has 6 heteroatoms. The van der Waals surface area contributed by atoms with Gasteiger partial charge in [-0.05, 0) is 49.6 Å². The molecule has 100 valence electrons. The smallest absolute Gasteiger partial charge is 0.340 e. The normalized spacial score (nSPS) is 10.2. The molecule has 0 spiro atoms. The lowest BCUT2D eigenvalue weighted by atomic mass is 10.2. The fourth-order valence-corrected chi connectivity index (χ4v) is 2.45. The summed E-state index contributed by atoms with van der Waals surface area (Å²) in [5.74, 6) is -0.188. The predicted octanol–water partition coefficient (Wildman–Crippen LogP) is 3.29. The van der Waals surface area contributed by atoms with Crippen molar-refractivity contribution in [1.29, 1.82) is 0 Å². The number of nitrogens with one attached hydrogen (secondary N) is 1. The molecule has 0 saturated carbocycles. The van der Waals surface area contributed by atoms with Gasteiger partial charge in [0.1, 0.15) is 16.3 Å². The summed E-state index contributed by atoms with van der Waals surface area (Å²) in [6.07, 6.45) is 0. The highest BCUT2D eigenvalue weighted by Gasteiger charge is 2.17. The average Bonchev–Trinajstić information content (AvgIpc) is 2.73. The van der Waals surface area contributed by atoms with Crippen molar-refractivity contribution in [2.75, 3.05) is 11.9 Å². The van der Waals surface area contributed by atoms with Gasteiger partial charge < -0.3 is 15.2 Å². The lowest BCUT2D eigenvalue weighted by molar-refractivity contribution is 0.0697. The van der Waals surface area contributed by atoms with E-state index < -0.39 is 5.97 Å². The van der Waals surface area contributed by atoms with Crippen LogP contribution in [0, 0.1) is 6.92 Å². The van der Waals surface area contributed by atoms with Crippen molar-refractivity contribution in [3.8, 4) is 5.75 Å². The van der Waals surface area contributed by atoms with Crippen molar-refractivity contribution in [1.82, 2.24) is 4.37 Å². The number of hydrogen-bond donors (Lipinski definition) is 2. The molecule has 0 saturated heterocycles. The fourth-order valence-electron chi connectivity index (χ4n) is 1.64. The molecule has 0 aliphatic carbocycles. The first kappa shape index (κ1) is 13.4. The molecule has 0 aliphatic rings. The zero-order chi connectivity index (χ0) is 13.8. The Hall–Kier alpha value is -2.08.